The van der Waals surface area contributed by atoms with Crippen molar-refractivity contribution in [2.45, 2.75) is 11.8 Å². The molecule has 0 atom stereocenters. The van der Waals surface area contributed by atoms with Gasteiger partial charge in [0.25, 0.3) is 0 Å². The lowest BCUT2D eigenvalue weighted by Gasteiger charge is -2.11. The number of ether oxygens (including phenoxy) is 1. The molecule has 7 heteroatoms. The van der Waals surface area contributed by atoms with Crippen LogP contribution in [0.4, 0.5) is 0 Å². The van der Waals surface area contributed by atoms with Crippen molar-refractivity contribution in [3.05, 3.63) is 58.6 Å². The fraction of sp³-hybridized carbons (Fsp3) is 0.133. The van der Waals surface area contributed by atoms with Crippen LogP contribution in [-0.2, 0) is 14.9 Å². The van der Waals surface area contributed by atoms with Crippen molar-refractivity contribution in [2.75, 3.05) is 7.11 Å². The second-order valence-electron chi connectivity index (χ2n) is 4.44. The third-order valence-electron chi connectivity index (χ3n) is 2.92. The Morgan fingerprint density at radius 2 is 1.82 bits per heavy atom. The van der Waals surface area contributed by atoms with Gasteiger partial charge in [0, 0.05) is 0 Å². The Bertz CT molecular complexity index is 814. The predicted molar refractivity (Wildman–Crippen MR) is 81.8 cm³/mol. The van der Waals surface area contributed by atoms with E-state index in [2.05, 4.69) is 4.74 Å². The summed E-state index contributed by atoms with van der Waals surface area (Å²) in [7, 11) is -2.88. The van der Waals surface area contributed by atoms with Crippen LogP contribution >= 0.6 is 11.6 Å². The van der Waals surface area contributed by atoms with Crippen LogP contribution in [0.5, 0.6) is 5.75 Å². The third-order valence-corrected chi connectivity index (χ3v) is 4.63. The highest BCUT2D eigenvalue weighted by atomic mass is 35.5. The van der Waals surface area contributed by atoms with Crippen LogP contribution in [0.2, 0.25) is 5.02 Å². The monoisotopic (exact) mass is 340 g/mol. The highest BCUT2D eigenvalue weighted by Crippen LogP contribution is 2.27. The van der Waals surface area contributed by atoms with Gasteiger partial charge in [0.2, 0.25) is 0 Å². The number of halogens is 1. The van der Waals surface area contributed by atoms with Crippen molar-refractivity contribution in [1.82, 2.24) is 0 Å². The van der Waals surface area contributed by atoms with Crippen LogP contribution in [0.25, 0.3) is 0 Å². The molecule has 0 fully saturated rings. The van der Waals surface area contributed by atoms with Gasteiger partial charge >= 0.3 is 16.1 Å². The minimum Gasteiger partial charge on any atom is -0.465 e. The molecule has 2 aromatic rings. The summed E-state index contributed by atoms with van der Waals surface area (Å²) in [5, 5.41) is -0.114. The third kappa shape index (κ3) is 3.40. The van der Waals surface area contributed by atoms with E-state index in [1.165, 1.54) is 25.3 Å². The van der Waals surface area contributed by atoms with Gasteiger partial charge in [-0.2, -0.15) is 8.42 Å². The standard InChI is InChI=1S/C15H13ClO5S/c1-10-5-3-4-6-13(10)21-22(18,19)14-8-7-11(9-12(14)16)15(17)20-2/h3-9H,1-2H3. The normalized spacial score (nSPS) is 11.0. The maximum atomic E-state index is 12.3. The van der Waals surface area contributed by atoms with Crippen molar-refractivity contribution in [1.29, 1.82) is 0 Å². The topological polar surface area (TPSA) is 69.7 Å². The van der Waals surface area contributed by atoms with Crippen molar-refractivity contribution >= 4 is 27.7 Å². The zero-order chi connectivity index (χ0) is 16.3. The number of aryl methyl sites for hydroxylation is 1. The summed E-state index contributed by atoms with van der Waals surface area (Å²) in [5.74, 6) is -0.388. The van der Waals surface area contributed by atoms with Crippen LogP contribution in [0.1, 0.15) is 15.9 Å². The number of esters is 1. The zero-order valence-electron chi connectivity index (χ0n) is 11.9. The van der Waals surface area contributed by atoms with Gasteiger partial charge in [-0.3, -0.25) is 0 Å². The maximum absolute atomic E-state index is 12.3. The lowest BCUT2D eigenvalue weighted by Crippen LogP contribution is -2.12. The van der Waals surface area contributed by atoms with E-state index in [1.807, 2.05) is 0 Å². The second-order valence-corrected chi connectivity index (χ2v) is 6.36. The first-order chi connectivity index (χ1) is 10.3. The number of carbonyl (C=O) groups is 1. The molecule has 0 amide bonds. The molecule has 0 bridgehead atoms. The van der Waals surface area contributed by atoms with Crippen molar-refractivity contribution in [3.63, 3.8) is 0 Å². The fourth-order valence-corrected chi connectivity index (χ4v) is 3.27. The molecule has 0 aliphatic carbocycles. The first-order valence-electron chi connectivity index (χ1n) is 6.23. The van der Waals surface area contributed by atoms with Gasteiger partial charge < -0.3 is 8.92 Å². The molecule has 2 rings (SSSR count). The van der Waals surface area contributed by atoms with Gasteiger partial charge in [0.15, 0.2) is 0 Å². The largest absolute Gasteiger partial charge is 0.465 e. The number of para-hydroxylation sites is 1. The van der Waals surface area contributed by atoms with Gasteiger partial charge in [0.05, 0.1) is 17.7 Å². The van der Waals surface area contributed by atoms with Gasteiger partial charge in [-0.1, -0.05) is 29.8 Å². The zero-order valence-corrected chi connectivity index (χ0v) is 13.4. The molecule has 116 valence electrons. The second kappa shape index (κ2) is 6.37. The molecule has 0 saturated heterocycles. The number of hydrogen-bond donors (Lipinski definition) is 0. The van der Waals surface area contributed by atoms with E-state index in [-0.39, 0.29) is 21.2 Å². The van der Waals surface area contributed by atoms with E-state index in [1.54, 1.807) is 31.2 Å². The Balaban J connectivity index is 2.38. The highest BCUT2D eigenvalue weighted by molar-refractivity contribution is 7.87. The number of methoxy groups -OCH3 is 1. The van der Waals surface area contributed by atoms with E-state index in [0.717, 1.165) is 0 Å². The molecule has 22 heavy (non-hydrogen) atoms. The predicted octanol–water partition coefficient (Wildman–Crippen LogP) is 3.20. The Morgan fingerprint density at radius 3 is 2.41 bits per heavy atom. The first-order valence-corrected chi connectivity index (χ1v) is 8.02. The summed E-state index contributed by atoms with van der Waals surface area (Å²) < 4.78 is 34.3. The smallest absolute Gasteiger partial charge is 0.340 e. The van der Waals surface area contributed by atoms with Crippen molar-refractivity contribution in [2.24, 2.45) is 0 Å². The van der Waals surface area contributed by atoms with Gasteiger partial charge in [-0.25, -0.2) is 4.79 Å². The van der Waals surface area contributed by atoms with Crippen LogP contribution < -0.4 is 4.18 Å². The maximum Gasteiger partial charge on any atom is 0.340 e. The van der Waals surface area contributed by atoms with Gasteiger partial charge in [-0.15, -0.1) is 0 Å². The van der Waals surface area contributed by atoms with Gasteiger partial charge in [0.1, 0.15) is 10.6 Å². The van der Waals surface area contributed by atoms with Crippen molar-refractivity contribution in [3.8, 4) is 5.75 Å². The molecule has 0 saturated carbocycles. The lowest BCUT2D eigenvalue weighted by molar-refractivity contribution is 0.0600. The molecule has 0 heterocycles. The molecule has 5 nitrogen and oxygen atoms in total. The summed E-state index contributed by atoms with van der Waals surface area (Å²) in [6, 6.07) is 10.5. The van der Waals surface area contributed by atoms with E-state index in [0.29, 0.717) is 5.56 Å². The molecule has 0 aliphatic heterocycles. The van der Waals surface area contributed by atoms with Crippen LogP contribution in [-0.4, -0.2) is 21.5 Å². The first kappa shape index (κ1) is 16.3. The average molecular weight is 341 g/mol. The molecular formula is C15H13ClO5S. The quantitative estimate of drug-likeness (QED) is 0.631. The minimum absolute atomic E-state index is 0.114. The van der Waals surface area contributed by atoms with E-state index in [9.17, 15) is 13.2 Å². The molecule has 0 aliphatic rings. The van der Waals surface area contributed by atoms with E-state index >= 15 is 0 Å². The summed E-state index contributed by atoms with van der Waals surface area (Å²) in [6.45, 7) is 1.73. The van der Waals surface area contributed by atoms with Crippen molar-refractivity contribution < 1.29 is 22.1 Å². The summed E-state index contributed by atoms with van der Waals surface area (Å²) >= 11 is 5.95. The molecule has 0 radical (unpaired) electrons. The van der Waals surface area contributed by atoms with Gasteiger partial charge in [-0.05, 0) is 36.8 Å². The van der Waals surface area contributed by atoms with Crippen LogP contribution in [0.15, 0.2) is 47.4 Å². The van der Waals surface area contributed by atoms with E-state index < -0.39 is 16.1 Å². The van der Waals surface area contributed by atoms with E-state index in [4.69, 9.17) is 15.8 Å². The molecular weight excluding hydrogens is 328 g/mol. The molecule has 0 N–H and O–H groups in total. The summed E-state index contributed by atoms with van der Waals surface area (Å²) in [6.07, 6.45) is 0. The molecule has 2 aromatic carbocycles. The summed E-state index contributed by atoms with van der Waals surface area (Å²) in [4.78, 5) is 11.2. The SMILES string of the molecule is COC(=O)c1ccc(S(=O)(=O)Oc2ccccc2C)c(Cl)c1. The molecule has 0 aromatic heterocycles. The Hall–Kier alpha value is -2.05. The Labute approximate surface area is 133 Å². The minimum atomic E-state index is -4.10. The Morgan fingerprint density at radius 1 is 1.14 bits per heavy atom. The summed E-state index contributed by atoms with van der Waals surface area (Å²) in [5.41, 5.74) is 0.829. The number of benzene rings is 2. The number of rotatable bonds is 4. The molecule has 0 spiro atoms. The Kier molecular flexibility index (Phi) is 4.73. The van der Waals surface area contributed by atoms with Crippen LogP contribution in [0, 0.1) is 6.92 Å². The number of carbonyl (C=O) groups excluding carboxylic acids is 1. The number of hydrogen-bond acceptors (Lipinski definition) is 5. The van der Waals surface area contributed by atoms with Crippen LogP contribution in [0.3, 0.4) is 0 Å². The molecule has 0 unspecified atom stereocenters. The fourth-order valence-electron chi connectivity index (χ4n) is 1.76. The highest BCUT2D eigenvalue weighted by Gasteiger charge is 2.22. The average Bonchev–Trinajstić information content (AvgIpc) is 2.48. The lowest BCUT2D eigenvalue weighted by atomic mass is 10.2.